The monoisotopic (exact) mass is 489 g/mol. The van der Waals surface area contributed by atoms with Crippen LogP contribution in [0.3, 0.4) is 0 Å². The summed E-state index contributed by atoms with van der Waals surface area (Å²) in [7, 11) is 0. The molecule has 9 heteroatoms. The molecule has 5 nitrogen and oxygen atoms in total. The first-order valence-electron chi connectivity index (χ1n) is 9.38. The van der Waals surface area contributed by atoms with Gasteiger partial charge in [0.1, 0.15) is 5.25 Å². The van der Waals surface area contributed by atoms with Gasteiger partial charge in [-0.25, -0.2) is 4.99 Å². The molecule has 0 radical (unpaired) electrons. The lowest BCUT2D eigenvalue weighted by atomic mass is 10.2. The molecule has 1 unspecified atom stereocenters. The molecule has 4 rings (SSSR count). The number of hydrogen-bond donors (Lipinski definition) is 1. The zero-order chi connectivity index (χ0) is 21.8. The number of carbonyl (C=O) groups is 2. The number of nitrogens with one attached hydrogen (secondary N) is 1. The van der Waals surface area contributed by atoms with Crippen LogP contribution in [0.5, 0.6) is 0 Å². The number of halogens is 2. The van der Waals surface area contributed by atoms with Crippen LogP contribution >= 0.6 is 46.3 Å². The van der Waals surface area contributed by atoms with Crippen molar-refractivity contribution in [3.63, 3.8) is 0 Å². The molecule has 31 heavy (non-hydrogen) atoms. The van der Waals surface area contributed by atoms with Crippen molar-refractivity contribution in [1.82, 2.24) is 4.90 Å². The topological polar surface area (TPSA) is 61.8 Å². The fourth-order valence-electron chi connectivity index (χ4n) is 2.96. The zero-order valence-corrected chi connectivity index (χ0v) is 19.3. The van der Waals surface area contributed by atoms with Crippen molar-refractivity contribution in [2.24, 2.45) is 4.99 Å². The number of aliphatic imine (C=N–C) groups is 1. The van der Waals surface area contributed by atoms with Crippen LogP contribution in [0.15, 0.2) is 71.0 Å². The first-order chi connectivity index (χ1) is 15.0. The van der Waals surface area contributed by atoms with Crippen molar-refractivity contribution >= 4 is 74.7 Å². The number of para-hydroxylation sites is 1. The van der Waals surface area contributed by atoms with E-state index in [9.17, 15) is 9.59 Å². The highest BCUT2D eigenvalue weighted by Crippen LogP contribution is 2.32. The Hall–Kier alpha value is -2.32. The van der Waals surface area contributed by atoms with Crippen LogP contribution < -0.4 is 5.32 Å². The van der Waals surface area contributed by atoms with Crippen LogP contribution in [0, 0.1) is 0 Å². The summed E-state index contributed by atoms with van der Waals surface area (Å²) in [6, 6.07) is 18.2. The number of rotatable bonds is 5. The van der Waals surface area contributed by atoms with Gasteiger partial charge in [0.15, 0.2) is 5.17 Å². The number of thiophene rings is 1. The van der Waals surface area contributed by atoms with E-state index in [0.29, 0.717) is 27.4 Å². The third kappa shape index (κ3) is 5.49. The summed E-state index contributed by atoms with van der Waals surface area (Å²) >= 11 is 14.8. The molecule has 1 N–H and O–H groups in total. The number of amides is 2. The minimum absolute atomic E-state index is 0.0804. The Morgan fingerprint density at radius 1 is 1.10 bits per heavy atom. The van der Waals surface area contributed by atoms with Gasteiger partial charge >= 0.3 is 0 Å². The Morgan fingerprint density at radius 2 is 1.90 bits per heavy atom. The molecule has 158 valence electrons. The molecule has 1 aliphatic heterocycles. The lowest BCUT2D eigenvalue weighted by Gasteiger charge is -2.31. The number of nitrogens with zero attached hydrogens (tertiary/aromatic N) is 2. The molecule has 0 saturated carbocycles. The maximum Gasteiger partial charge on any atom is 0.238 e. The normalized spacial score (nSPS) is 17.7. The van der Waals surface area contributed by atoms with Gasteiger partial charge in [0.25, 0.3) is 0 Å². The lowest BCUT2D eigenvalue weighted by molar-refractivity contribution is -0.129. The maximum absolute atomic E-state index is 13.0. The standard InChI is InChI=1S/C22H17Cl2N3O2S2/c23-17-9-8-15(11-18(17)24)25-21(29)19-12-20(28)27(13-16-7-4-10-30-16)22(31-19)26-14-5-2-1-3-6-14/h1-11,19H,12-13H2,(H,25,29). The van der Waals surface area contributed by atoms with Crippen molar-refractivity contribution in [3.8, 4) is 0 Å². The first-order valence-corrected chi connectivity index (χ1v) is 11.9. The van der Waals surface area contributed by atoms with Crippen LogP contribution in [0.4, 0.5) is 11.4 Å². The van der Waals surface area contributed by atoms with Crippen molar-refractivity contribution in [2.45, 2.75) is 18.2 Å². The Labute approximate surface area is 198 Å². The first kappa shape index (κ1) is 21.9. The minimum Gasteiger partial charge on any atom is -0.325 e. The molecule has 2 aromatic carbocycles. The fraction of sp³-hybridized carbons (Fsp3) is 0.136. The molecule has 2 amide bonds. The van der Waals surface area contributed by atoms with Crippen molar-refractivity contribution in [3.05, 3.63) is 81.0 Å². The van der Waals surface area contributed by atoms with Crippen molar-refractivity contribution in [1.29, 1.82) is 0 Å². The van der Waals surface area contributed by atoms with Crippen LogP contribution in [-0.2, 0) is 16.1 Å². The summed E-state index contributed by atoms with van der Waals surface area (Å²) in [5, 5.41) is 5.44. The Kier molecular flexibility index (Phi) is 6.97. The van der Waals surface area contributed by atoms with Crippen LogP contribution in [0.1, 0.15) is 11.3 Å². The summed E-state index contributed by atoms with van der Waals surface area (Å²) in [6.45, 7) is 0.427. The number of benzene rings is 2. The fourth-order valence-corrected chi connectivity index (χ4v) is 5.05. The van der Waals surface area contributed by atoms with E-state index < -0.39 is 5.25 Å². The number of hydrogen-bond acceptors (Lipinski definition) is 5. The zero-order valence-electron chi connectivity index (χ0n) is 16.1. The quantitative estimate of drug-likeness (QED) is 0.462. The molecule has 1 saturated heterocycles. The molecule has 1 aliphatic rings. The van der Waals surface area contributed by atoms with Gasteiger partial charge in [-0.05, 0) is 41.8 Å². The van der Waals surface area contributed by atoms with E-state index in [1.165, 1.54) is 11.8 Å². The van der Waals surface area contributed by atoms with Crippen molar-refractivity contribution < 1.29 is 9.59 Å². The second-order valence-corrected chi connectivity index (χ2v) is 9.73. The Bertz CT molecular complexity index is 1120. The maximum atomic E-state index is 13.0. The molecule has 2 heterocycles. The molecule has 0 bridgehead atoms. The average Bonchev–Trinajstić information content (AvgIpc) is 3.27. The van der Waals surface area contributed by atoms with Gasteiger partial charge in [0.05, 0.1) is 22.3 Å². The highest BCUT2D eigenvalue weighted by Gasteiger charge is 2.36. The van der Waals surface area contributed by atoms with Gasteiger partial charge in [0.2, 0.25) is 11.8 Å². The highest BCUT2D eigenvalue weighted by atomic mass is 35.5. The van der Waals surface area contributed by atoms with Gasteiger partial charge < -0.3 is 5.32 Å². The van der Waals surface area contributed by atoms with Gasteiger partial charge in [-0.2, -0.15) is 0 Å². The van der Waals surface area contributed by atoms with E-state index >= 15 is 0 Å². The number of anilines is 1. The third-order valence-electron chi connectivity index (χ3n) is 4.49. The van der Waals surface area contributed by atoms with Gasteiger partial charge in [-0.1, -0.05) is 59.2 Å². The summed E-state index contributed by atoms with van der Waals surface area (Å²) in [5.74, 6) is -0.426. The van der Waals surface area contributed by atoms with Crippen LogP contribution in [0.2, 0.25) is 10.0 Å². The Morgan fingerprint density at radius 3 is 2.61 bits per heavy atom. The predicted octanol–water partition coefficient (Wildman–Crippen LogP) is 6.22. The summed E-state index contributed by atoms with van der Waals surface area (Å²) in [4.78, 5) is 33.3. The van der Waals surface area contributed by atoms with E-state index in [2.05, 4.69) is 10.3 Å². The second kappa shape index (κ2) is 9.87. The molecule has 0 aliphatic carbocycles. The van der Waals surface area contributed by atoms with Gasteiger partial charge in [-0.3, -0.25) is 14.5 Å². The molecular weight excluding hydrogens is 473 g/mol. The molecule has 0 spiro atoms. The number of thioether (sulfide) groups is 1. The average molecular weight is 490 g/mol. The van der Waals surface area contributed by atoms with Gasteiger partial charge in [0, 0.05) is 17.0 Å². The summed E-state index contributed by atoms with van der Waals surface area (Å²) in [5.41, 5.74) is 1.24. The predicted molar refractivity (Wildman–Crippen MR) is 129 cm³/mol. The van der Waals surface area contributed by atoms with E-state index in [-0.39, 0.29) is 18.2 Å². The summed E-state index contributed by atoms with van der Waals surface area (Å²) < 4.78 is 0. The largest absolute Gasteiger partial charge is 0.325 e. The minimum atomic E-state index is -0.607. The molecule has 3 aromatic rings. The van der Waals surface area contributed by atoms with Crippen LogP contribution in [0.25, 0.3) is 0 Å². The Balaban J connectivity index is 1.57. The van der Waals surface area contributed by atoms with Crippen LogP contribution in [-0.4, -0.2) is 27.1 Å². The lowest BCUT2D eigenvalue weighted by Crippen LogP contribution is -2.44. The smallest absolute Gasteiger partial charge is 0.238 e. The molecule has 1 aromatic heterocycles. The van der Waals surface area contributed by atoms with E-state index in [4.69, 9.17) is 23.2 Å². The number of amidine groups is 1. The number of carbonyl (C=O) groups excluding carboxylic acids is 2. The van der Waals surface area contributed by atoms with Crippen molar-refractivity contribution in [2.75, 3.05) is 5.32 Å². The second-order valence-electron chi connectivity index (χ2n) is 6.72. The summed E-state index contributed by atoms with van der Waals surface area (Å²) in [6.07, 6.45) is 0.0804. The van der Waals surface area contributed by atoms with E-state index in [1.807, 2.05) is 47.8 Å². The van der Waals surface area contributed by atoms with Gasteiger partial charge in [-0.15, -0.1) is 11.3 Å². The molecule has 1 fully saturated rings. The van der Waals surface area contributed by atoms with E-state index in [1.54, 1.807) is 34.4 Å². The molecular formula is C22H17Cl2N3O2S2. The SMILES string of the molecule is O=C(Nc1ccc(Cl)c(Cl)c1)C1CC(=O)N(Cc2cccs2)C(=Nc2ccccc2)S1. The third-order valence-corrected chi connectivity index (χ3v) is 7.28. The highest BCUT2D eigenvalue weighted by molar-refractivity contribution is 8.15. The molecule has 1 atom stereocenters. The van der Waals surface area contributed by atoms with E-state index in [0.717, 1.165) is 10.6 Å².